The summed E-state index contributed by atoms with van der Waals surface area (Å²) < 4.78 is 0. The first-order valence-corrected chi connectivity index (χ1v) is 8.62. The van der Waals surface area contributed by atoms with Crippen LogP contribution in [0.15, 0.2) is 54.7 Å². The first kappa shape index (κ1) is 17.2. The number of aryl methyl sites for hydroxylation is 1. The first-order valence-electron chi connectivity index (χ1n) is 8.62. The van der Waals surface area contributed by atoms with Crippen LogP contribution in [0.5, 0.6) is 0 Å². The van der Waals surface area contributed by atoms with E-state index < -0.39 is 0 Å². The number of pyridine rings is 1. The lowest BCUT2D eigenvalue weighted by atomic mass is 9.93. The fourth-order valence-electron chi connectivity index (χ4n) is 3.14. The molecule has 0 saturated heterocycles. The van der Waals surface area contributed by atoms with Crippen molar-refractivity contribution in [3.63, 3.8) is 0 Å². The van der Waals surface area contributed by atoms with Gasteiger partial charge in [0.15, 0.2) is 0 Å². The van der Waals surface area contributed by atoms with Crippen molar-refractivity contribution in [3.05, 3.63) is 65.9 Å². The van der Waals surface area contributed by atoms with Gasteiger partial charge in [0.1, 0.15) is 0 Å². The number of hydrogen-bond acceptors (Lipinski definition) is 2. The van der Waals surface area contributed by atoms with Crippen LogP contribution in [-0.2, 0) is 4.79 Å². The molecule has 1 atom stereocenters. The molecular weight excluding hydrogens is 308 g/mol. The van der Waals surface area contributed by atoms with E-state index in [4.69, 9.17) is 0 Å². The van der Waals surface area contributed by atoms with Crippen LogP contribution >= 0.6 is 0 Å². The van der Waals surface area contributed by atoms with Crippen LogP contribution in [0.1, 0.15) is 30.4 Å². The molecule has 0 aliphatic heterocycles. The lowest BCUT2D eigenvalue weighted by Crippen LogP contribution is -2.23. The topological polar surface area (TPSA) is 33.2 Å². The van der Waals surface area contributed by atoms with Gasteiger partial charge >= 0.3 is 0 Å². The molecule has 0 spiro atoms. The number of benzene rings is 2. The lowest BCUT2D eigenvalue weighted by Gasteiger charge is -2.16. The van der Waals surface area contributed by atoms with Gasteiger partial charge in [0.05, 0.1) is 5.52 Å². The summed E-state index contributed by atoms with van der Waals surface area (Å²) in [6.07, 6.45) is 2.37. The van der Waals surface area contributed by atoms with Crippen LogP contribution in [0, 0.1) is 6.92 Å². The van der Waals surface area contributed by atoms with Crippen molar-refractivity contribution in [2.24, 2.45) is 0 Å². The Kier molecular flexibility index (Phi) is 4.84. The van der Waals surface area contributed by atoms with E-state index in [2.05, 4.69) is 67.4 Å². The SMILES string of the molecule is Cc1ccccc1-c1ccnc2cc([C@@H](C)CC(=O)N(C)C)ccc12. The van der Waals surface area contributed by atoms with Crippen molar-refractivity contribution < 1.29 is 4.79 Å². The molecule has 1 aromatic heterocycles. The molecule has 0 N–H and O–H groups in total. The lowest BCUT2D eigenvalue weighted by molar-refractivity contribution is -0.129. The zero-order valence-electron chi connectivity index (χ0n) is 15.3. The fraction of sp³-hybridized carbons (Fsp3) is 0.273. The Morgan fingerprint density at radius 3 is 2.56 bits per heavy atom. The summed E-state index contributed by atoms with van der Waals surface area (Å²) in [5.41, 5.74) is 5.81. The highest BCUT2D eigenvalue weighted by atomic mass is 16.2. The number of hydrogen-bond donors (Lipinski definition) is 0. The van der Waals surface area contributed by atoms with Crippen molar-refractivity contribution >= 4 is 16.8 Å². The first-order chi connectivity index (χ1) is 12.0. The van der Waals surface area contributed by atoms with E-state index in [9.17, 15) is 4.79 Å². The Balaban J connectivity index is 2.00. The standard InChI is InChI=1S/C22H24N2O/c1-15-7-5-6-8-18(15)19-11-12-23-21-14-17(9-10-20(19)21)16(2)13-22(25)24(3)4/h5-12,14,16H,13H2,1-4H3/t16-/m0/s1. The molecule has 2 aromatic carbocycles. The highest BCUT2D eigenvalue weighted by Crippen LogP contribution is 2.31. The summed E-state index contributed by atoms with van der Waals surface area (Å²) >= 11 is 0. The molecule has 3 nitrogen and oxygen atoms in total. The highest BCUT2D eigenvalue weighted by molar-refractivity contribution is 5.95. The molecule has 0 bridgehead atoms. The smallest absolute Gasteiger partial charge is 0.222 e. The monoisotopic (exact) mass is 332 g/mol. The summed E-state index contributed by atoms with van der Waals surface area (Å²) in [4.78, 5) is 18.2. The predicted molar refractivity (Wildman–Crippen MR) is 104 cm³/mol. The van der Waals surface area contributed by atoms with Gasteiger partial charge in [0.2, 0.25) is 5.91 Å². The van der Waals surface area contributed by atoms with Crippen LogP contribution in [0.2, 0.25) is 0 Å². The maximum absolute atomic E-state index is 12.0. The van der Waals surface area contributed by atoms with Gasteiger partial charge in [0.25, 0.3) is 0 Å². The van der Waals surface area contributed by atoms with E-state index in [1.165, 1.54) is 16.7 Å². The Morgan fingerprint density at radius 2 is 1.84 bits per heavy atom. The zero-order valence-corrected chi connectivity index (χ0v) is 15.3. The minimum Gasteiger partial charge on any atom is -0.349 e. The van der Waals surface area contributed by atoms with Crippen LogP contribution in [-0.4, -0.2) is 29.9 Å². The second kappa shape index (κ2) is 7.06. The Bertz CT molecular complexity index is 915. The molecule has 128 valence electrons. The van der Waals surface area contributed by atoms with Gasteiger partial charge in [0, 0.05) is 32.1 Å². The van der Waals surface area contributed by atoms with E-state index in [1.807, 2.05) is 6.20 Å². The minimum atomic E-state index is 0.147. The average molecular weight is 332 g/mol. The highest BCUT2D eigenvalue weighted by Gasteiger charge is 2.14. The van der Waals surface area contributed by atoms with Crippen molar-refractivity contribution in [2.45, 2.75) is 26.2 Å². The summed E-state index contributed by atoms with van der Waals surface area (Å²) in [6.45, 7) is 4.22. The van der Waals surface area contributed by atoms with Crippen molar-refractivity contribution in [3.8, 4) is 11.1 Å². The molecule has 0 aliphatic carbocycles. The molecular formula is C22H24N2O. The van der Waals surface area contributed by atoms with Gasteiger partial charge < -0.3 is 4.90 Å². The molecule has 3 rings (SSSR count). The number of nitrogens with zero attached hydrogens (tertiary/aromatic N) is 2. The van der Waals surface area contributed by atoms with E-state index in [0.29, 0.717) is 6.42 Å². The molecule has 1 amide bonds. The fourth-order valence-corrected chi connectivity index (χ4v) is 3.14. The van der Waals surface area contributed by atoms with Gasteiger partial charge in [-0.1, -0.05) is 43.3 Å². The summed E-state index contributed by atoms with van der Waals surface area (Å²) in [5.74, 6) is 0.317. The molecule has 3 heteroatoms. The largest absolute Gasteiger partial charge is 0.349 e. The molecule has 0 aliphatic rings. The molecule has 1 heterocycles. The average Bonchev–Trinajstić information content (AvgIpc) is 2.61. The van der Waals surface area contributed by atoms with Crippen LogP contribution in [0.3, 0.4) is 0 Å². The van der Waals surface area contributed by atoms with Gasteiger partial charge in [-0.2, -0.15) is 0 Å². The Morgan fingerprint density at radius 1 is 1.08 bits per heavy atom. The van der Waals surface area contributed by atoms with E-state index >= 15 is 0 Å². The number of carbonyl (C=O) groups excluding carboxylic acids is 1. The van der Waals surface area contributed by atoms with Gasteiger partial charge in [-0.05, 0) is 47.2 Å². The molecule has 0 saturated carbocycles. The molecule has 0 radical (unpaired) electrons. The van der Waals surface area contributed by atoms with Crippen molar-refractivity contribution in [1.29, 1.82) is 0 Å². The third-order valence-electron chi connectivity index (χ3n) is 4.75. The van der Waals surface area contributed by atoms with E-state index in [-0.39, 0.29) is 11.8 Å². The molecule has 0 unspecified atom stereocenters. The maximum atomic E-state index is 12.0. The molecule has 3 aromatic rings. The molecule has 25 heavy (non-hydrogen) atoms. The normalized spacial score (nSPS) is 12.2. The summed E-state index contributed by atoms with van der Waals surface area (Å²) in [5, 5.41) is 1.15. The van der Waals surface area contributed by atoms with Gasteiger partial charge in [-0.25, -0.2) is 0 Å². The summed E-state index contributed by atoms with van der Waals surface area (Å²) in [6, 6.07) is 16.9. The van der Waals surface area contributed by atoms with E-state index in [0.717, 1.165) is 16.5 Å². The number of aromatic nitrogens is 1. The number of rotatable bonds is 4. The number of fused-ring (bicyclic) bond motifs is 1. The van der Waals surface area contributed by atoms with Gasteiger partial charge in [-0.3, -0.25) is 9.78 Å². The number of carbonyl (C=O) groups is 1. The van der Waals surface area contributed by atoms with Crippen molar-refractivity contribution in [2.75, 3.05) is 14.1 Å². The predicted octanol–water partition coefficient (Wildman–Crippen LogP) is 4.79. The third-order valence-corrected chi connectivity index (χ3v) is 4.75. The van der Waals surface area contributed by atoms with Crippen LogP contribution in [0.25, 0.3) is 22.0 Å². The quantitative estimate of drug-likeness (QED) is 0.688. The Hall–Kier alpha value is -2.68. The molecule has 0 fully saturated rings. The van der Waals surface area contributed by atoms with Gasteiger partial charge in [-0.15, -0.1) is 0 Å². The van der Waals surface area contributed by atoms with Crippen LogP contribution < -0.4 is 0 Å². The summed E-state index contributed by atoms with van der Waals surface area (Å²) in [7, 11) is 3.59. The van der Waals surface area contributed by atoms with E-state index in [1.54, 1.807) is 19.0 Å². The zero-order chi connectivity index (χ0) is 18.0. The van der Waals surface area contributed by atoms with Crippen molar-refractivity contribution in [1.82, 2.24) is 9.88 Å². The third kappa shape index (κ3) is 3.55. The minimum absolute atomic E-state index is 0.147. The second-order valence-electron chi connectivity index (χ2n) is 6.84. The second-order valence-corrected chi connectivity index (χ2v) is 6.84. The Labute approximate surface area is 149 Å². The number of amides is 1. The maximum Gasteiger partial charge on any atom is 0.222 e. The van der Waals surface area contributed by atoms with Crippen LogP contribution in [0.4, 0.5) is 0 Å².